The number of alkyl halides is 3. The zero-order valence-electron chi connectivity index (χ0n) is 20.2. The summed E-state index contributed by atoms with van der Waals surface area (Å²) in [6, 6.07) is 5.92. The van der Waals surface area contributed by atoms with Gasteiger partial charge in [-0.15, -0.1) is 0 Å². The number of carbonyl (C=O) groups is 1. The van der Waals surface area contributed by atoms with Crippen LogP contribution in [0.3, 0.4) is 0 Å². The first kappa shape index (κ1) is 26.2. The van der Waals surface area contributed by atoms with E-state index in [0.717, 1.165) is 18.6 Å². The van der Waals surface area contributed by atoms with Gasteiger partial charge in [-0.05, 0) is 36.2 Å². The molecule has 2 fully saturated rings. The predicted molar refractivity (Wildman–Crippen MR) is 129 cm³/mol. The first-order chi connectivity index (χ1) is 18.3. The summed E-state index contributed by atoms with van der Waals surface area (Å²) in [6.07, 6.45) is -1.34. The predicted octanol–water partition coefficient (Wildman–Crippen LogP) is 2.77. The summed E-state index contributed by atoms with van der Waals surface area (Å²) in [6.45, 7) is 2.41. The molecular formula is C25H26F4N6O3. The van der Waals surface area contributed by atoms with Crippen LogP contribution in [0.25, 0.3) is 10.9 Å². The van der Waals surface area contributed by atoms with E-state index in [1.807, 2.05) is 0 Å². The van der Waals surface area contributed by atoms with Crippen LogP contribution in [0.2, 0.25) is 0 Å². The minimum Gasteiger partial charge on any atom is -0.380 e. The number of benzene rings is 1. The van der Waals surface area contributed by atoms with Crippen LogP contribution >= 0.6 is 0 Å². The molecule has 0 bridgehead atoms. The second-order valence-corrected chi connectivity index (χ2v) is 9.29. The molecule has 1 aromatic carbocycles. The van der Waals surface area contributed by atoms with Gasteiger partial charge in [0.15, 0.2) is 0 Å². The molecule has 2 aliphatic rings. The van der Waals surface area contributed by atoms with Gasteiger partial charge in [0, 0.05) is 37.3 Å². The van der Waals surface area contributed by atoms with Gasteiger partial charge in [0.1, 0.15) is 12.1 Å². The fourth-order valence-corrected chi connectivity index (χ4v) is 4.71. The third-order valence-electron chi connectivity index (χ3n) is 6.69. The zero-order valence-corrected chi connectivity index (χ0v) is 20.2. The van der Waals surface area contributed by atoms with Crippen molar-refractivity contribution in [2.24, 2.45) is 0 Å². The second kappa shape index (κ2) is 11.1. The van der Waals surface area contributed by atoms with E-state index in [4.69, 9.17) is 9.47 Å². The molecule has 2 N–H and O–H groups in total. The highest BCUT2D eigenvalue weighted by Gasteiger charge is 2.39. The van der Waals surface area contributed by atoms with Crippen molar-refractivity contribution < 1.29 is 31.8 Å². The lowest BCUT2D eigenvalue weighted by atomic mass is 10.1. The van der Waals surface area contributed by atoms with Gasteiger partial charge in [0.2, 0.25) is 11.9 Å². The number of pyridine rings is 1. The number of fused-ring (bicyclic) bond motifs is 1. The van der Waals surface area contributed by atoms with E-state index >= 15 is 0 Å². The van der Waals surface area contributed by atoms with Crippen molar-refractivity contribution in [2.45, 2.75) is 37.4 Å². The highest BCUT2D eigenvalue weighted by atomic mass is 19.4. The molecule has 9 nitrogen and oxygen atoms in total. The molecule has 3 aromatic rings. The van der Waals surface area contributed by atoms with Crippen molar-refractivity contribution in [3.05, 3.63) is 59.9 Å². The van der Waals surface area contributed by atoms with Gasteiger partial charge in [-0.2, -0.15) is 17.6 Å². The molecule has 2 saturated heterocycles. The summed E-state index contributed by atoms with van der Waals surface area (Å²) in [4.78, 5) is 26.8. The van der Waals surface area contributed by atoms with E-state index in [1.165, 1.54) is 24.7 Å². The standard InChI is InChI=1S/C25H26F4N6O3/c26-22-4-1-15(8-30-22)12-38-21-11-35(17-5-6-37-13-17)10-20(21)34-23(36)9-31-24-18-7-16(25(27,28)29)2-3-19(18)32-14-33-24/h1-4,7-8,14,17,20-21H,5-6,9-13H2,(H,34,36)(H,31,32,33)/t17?,20?,21-/m0/s1. The SMILES string of the molecule is O=C(CNc1ncnc2ccc(C(F)(F)F)cc12)NC1CN(C2CCOC2)C[C@@H]1OCc1ccc(F)nc1. The molecule has 202 valence electrons. The average molecular weight is 535 g/mol. The largest absolute Gasteiger partial charge is 0.416 e. The Morgan fingerprint density at radius 3 is 2.76 bits per heavy atom. The Labute approximate surface area is 215 Å². The lowest BCUT2D eigenvalue weighted by molar-refractivity contribution is -0.137. The first-order valence-corrected chi connectivity index (χ1v) is 12.2. The van der Waals surface area contributed by atoms with E-state index in [9.17, 15) is 22.4 Å². The number of rotatable bonds is 8. The lowest BCUT2D eigenvalue weighted by Crippen LogP contribution is -2.46. The number of ether oxygens (including phenoxy) is 2. The summed E-state index contributed by atoms with van der Waals surface area (Å²) in [5.74, 6) is -0.815. The molecule has 2 aliphatic heterocycles. The normalized spacial score (nSPS) is 22.2. The number of nitrogens with one attached hydrogen (secondary N) is 2. The second-order valence-electron chi connectivity index (χ2n) is 9.29. The summed E-state index contributed by atoms with van der Waals surface area (Å²) in [7, 11) is 0. The van der Waals surface area contributed by atoms with E-state index in [0.29, 0.717) is 37.4 Å². The number of anilines is 1. The summed E-state index contributed by atoms with van der Waals surface area (Å²) in [5, 5.41) is 5.97. The number of aromatic nitrogens is 3. The lowest BCUT2D eigenvalue weighted by Gasteiger charge is -2.21. The molecule has 0 saturated carbocycles. The van der Waals surface area contributed by atoms with Crippen molar-refractivity contribution >= 4 is 22.6 Å². The Bertz CT molecular complexity index is 1270. The molecule has 0 aliphatic carbocycles. The highest BCUT2D eigenvalue weighted by molar-refractivity contribution is 5.91. The van der Waals surface area contributed by atoms with Crippen LogP contribution in [-0.4, -0.2) is 76.8 Å². The van der Waals surface area contributed by atoms with E-state index < -0.39 is 17.7 Å². The monoisotopic (exact) mass is 534 g/mol. The smallest absolute Gasteiger partial charge is 0.380 e. The number of nitrogens with zero attached hydrogens (tertiary/aromatic N) is 4. The van der Waals surface area contributed by atoms with Crippen molar-refractivity contribution in [2.75, 3.05) is 38.2 Å². The first-order valence-electron chi connectivity index (χ1n) is 12.2. The molecule has 1 amide bonds. The van der Waals surface area contributed by atoms with Crippen molar-refractivity contribution in [3.8, 4) is 0 Å². The van der Waals surface area contributed by atoms with Crippen molar-refractivity contribution in [1.82, 2.24) is 25.2 Å². The van der Waals surface area contributed by atoms with Gasteiger partial charge < -0.3 is 20.1 Å². The summed E-state index contributed by atoms with van der Waals surface area (Å²) in [5.41, 5.74) is 0.199. The van der Waals surface area contributed by atoms with Crippen LogP contribution in [0.15, 0.2) is 42.9 Å². The van der Waals surface area contributed by atoms with Crippen LogP contribution in [0.4, 0.5) is 23.4 Å². The molecule has 2 unspecified atom stereocenters. The van der Waals surface area contributed by atoms with Crippen LogP contribution in [0.5, 0.6) is 0 Å². The number of hydrogen-bond donors (Lipinski definition) is 2. The zero-order chi connectivity index (χ0) is 26.7. The van der Waals surface area contributed by atoms with Crippen molar-refractivity contribution in [1.29, 1.82) is 0 Å². The molecule has 4 heterocycles. The molecule has 0 spiro atoms. The topological polar surface area (TPSA) is 102 Å². The van der Waals surface area contributed by atoms with Gasteiger partial charge in [-0.25, -0.2) is 15.0 Å². The molecular weight excluding hydrogens is 508 g/mol. The minimum atomic E-state index is -4.52. The van der Waals surface area contributed by atoms with E-state index in [1.54, 1.807) is 6.07 Å². The Morgan fingerprint density at radius 2 is 2.03 bits per heavy atom. The Kier molecular flexibility index (Phi) is 7.68. The number of likely N-dealkylation sites (tertiary alicyclic amines) is 1. The molecule has 13 heteroatoms. The van der Waals surface area contributed by atoms with Crippen LogP contribution in [0.1, 0.15) is 17.5 Å². The van der Waals surface area contributed by atoms with Gasteiger partial charge in [0.25, 0.3) is 0 Å². The molecule has 0 radical (unpaired) electrons. The van der Waals surface area contributed by atoms with Crippen LogP contribution in [0, 0.1) is 5.95 Å². The third kappa shape index (κ3) is 6.17. The summed E-state index contributed by atoms with van der Waals surface area (Å²) >= 11 is 0. The van der Waals surface area contributed by atoms with Crippen LogP contribution in [-0.2, 0) is 27.1 Å². The Hall–Kier alpha value is -3.42. The molecule has 5 rings (SSSR count). The molecule has 2 aromatic heterocycles. The van der Waals surface area contributed by atoms with Gasteiger partial charge >= 0.3 is 6.18 Å². The number of amides is 1. The van der Waals surface area contributed by atoms with Gasteiger partial charge in [-0.3, -0.25) is 9.69 Å². The number of carbonyl (C=O) groups excluding carboxylic acids is 1. The fraction of sp³-hybridized carbons (Fsp3) is 0.440. The number of hydrogen-bond acceptors (Lipinski definition) is 8. The Balaban J connectivity index is 1.24. The van der Waals surface area contributed by atoms with Crippen molar-refractivity contribution in [3.63, 3.8) is 0 Å². The quantitative estimate of drug-likeness (QED) is 0.336. The maximum Gasteiger partial charge on any atom is 0.416 e. The van der Waals surface area contributed by atoms with Gasteiger partial charge in [0.05, 0.1) is 43.0 Å². The fourth-order valence-electron chi connectivity index (χ4n) is 4.71. The Morgan fingerprint density at radius 1 is 1.16 bits per heavy atom. The third-order valence-corrected chi connectivity index (χ3v) is 6.69. The summed E-state index contributed by atoms with van der Waals surface area (Å²) < 4.78 is 64.3. The highest BCUT2D eigenvalue weighted by Crippen LogP contribution is 2.32. The van der Waals surface area contributed by atoms with Gasteiger partial charge in [-0.1, -0.05) is 6.07 Å². The molecule has 3 atom stereocenters. The van der Waals surface area contributed by atoms with Crippen LogP contribution < -0.4 is 10.6 Å². The minimum absolute atomic E-state index is 0.129. The van der Waals surface area contributed by atoms with E-state index in [2.05, 4.69) is 30.5 Å². The maximum absolute atomic E-state index is 13.2. The number of halogens is 4. The molecule has 38 heavy (non-hydrogen) atoms. The average Bonchev–Trinajstić information content (AvgIpc) is 3.57. The maximum atomic E-state index is 13.2. The van der Waals surface area contributed by atoms with E-state index in [-0.39, 0.29) is 48.5 Å².